The van der Waals surface area contributed by atoms with Crippen molar-refractivity contribution in [3.05, 3.63) is 18.2 Å². The minimum absolute atomic E-state index is 0.0339. The number of alkyl halides is 1. The lowest BCUT2D eigenvalue weighted by Crippen LogP contribution is -2.25. The van der Waals surface area contributed by atoms with Crippen LogP contribution in [0.1, 0.15) is 6.42 Å². The van der Waals surface area contributed by atoms with E-state index in [9.17, 15) is 13.2 Å². The van der Waals surface area contributed by atoms with Crippen LogP contribution >= 0.6 is 11.6 Å². The summed E-state index contributed by atoms with van der Waals surface area (Å²) in [6.07, 6.45) is 0.377. The van der Waals surface area contributed by atoms with Gasteiger partial charge in [0.2, 0.25) is 10.0 Å². The van der Waals surface area contributed by atoms with E-state index in [0.29, 0.717) is 23.5 Å². The molecular weight excluding hydrogens is 292 g/mol. The minimum Gasteiger partial charge on any atom is -0.482 e. The molecule has 0 fully saturated rings. The van der Waals surface area contributed by atoms with Crippen LogP contribution in [-0.2, 0) is 14.8 Å². The van der Waals surface area contributed by atoms with Gasteiger partial charge in [0.1, 0.15) is 5.75 Å². The van der Waals surface area contributed by atoms with E-state index < -0.39 is 10.0 Å². The smallest absolute Gasteiger partial charge is 0.262 e. The lowest BCUT2D eigenvalue weighted by atomic mass is 10.2. The van der Waals surface area contributed by atoms with Crippen molar-refractivity contribution in [3.8, 4) is 5.75 Å². The molecular formula is C11H13ClN2O4S. The molecule has 1 aromatic rings. The fourth-order valence-electron chi connectivity index (χ4n) is 1.62. The fraction of sp³-hybridized carbons (Fsp3) is 0.364. The maximum absolute atomic E-state index is 11.7. The number of rotatable bonds is 5. The molecule has 1 aromatic carbocycles. The van der Waals surface area contributed by atoms with Gasteiger partial charge in [-0.15, -0.1) is 11.6 Å². The molecule has 1 aliphatic heterocycles. The Morgan fingerprint density at radius 2 is 2.21 bits per heavy atom. The number of halogens is 1. The van der Waals surface area contributed by atoms with Gasteiger partial charge in [0.15, 0.2) is 6.61 Å². The zero-order valence-electron chi connectivity index (χ0n) is 9.98. The summed E-state index contributed by atoms with van der Waals surface area (Å²) in [4.78, 5) is 11.2. The van der Waals surface area contributed by atoms with Crippen molar-refractivity contribution in [1.82, 2.24) is 0 Å². The SMILES string of the molecule is O=C1COc2ccc(NS(=O)(=O)CCCCl)cc2N1. The van der Waals surface area contributed by atoms with Crippen molar-refractivity contribution in [2.75, 3.05) is 28.3 Å². The maximum atomic E-state index is 11.7. The van der Waals surface area contributed by atoms with Crippen LogP contribution < -0.4 is 14.8 Å². The van der Waals surface area contributed by atoms with Gasteiger partial charge in [-0.05, 0) is 24.6 Å². The molecule has 104 valence electrons. The lowest BCUT2D eigenvalue weighted by Gasteiger charge is -2.18. The molecule has 0 radical (unpaired) electrons. The van der Waals surface area contributed by atoms with E-state index in [-0.39, 0.29) is 24.1 Å². The standard InChI is InChI=1S/C11H13ClN2O4S/c12-4-1-5-19(16,17)14-8-2-3-10-9(6-8)13-11(15)7-18-10/h2-3,6,14H,1,4-5,7H2,(H,13,15). The van der Waals surface area contributed by atoms with Crippen molar-refractivity contribution >= 4 is 38.9 Å². The van der Waals surface area contributed by atoms with E-state index in [1.807, 2.05) is 0 Å². The molecule has 6 nitrogen and oxygen atoms in total. The molecule has 1 amide bonds. The van der Waals surface area contributed by atoms with Crippen LogP contribution in [-0.4, -0.2) is 32.6 Å². The first-order valence-electron chi connectivity index (χ1n) is 5.63. The highest BCUT2D eigenvalue weighted by Crippen LogP contribution is 2.30. The molecule has 8 heteroatoms. The Hall–Kier alpha value is -1.47. The second-order valence-electron chi connectivity index (χ2n) is 4.01. The Bertz CT molecular complexity index is 588. The number of amides is 1. The predicted octanol–water partition coefficient (Wildman–Crippen LogP) is 1.39. The summed E-state index contributed by atoms with van der Waals surface area (Å²) < 4.78 is 31.0. The molecule has 2 rings (SSSR count). The van der Waals surface area contributed by atoms with Crippen LogP contribution in [0.3, 0.4) is 0 Å². The molecule has 0 aliphatic carbocycles. The number of sulfonamides is 1. The van der Waals surface area contributed by atoms with Crippen LogP contribution in [0, 0.1) is 0 Å². The lowest BCUT2D eigenvalue weighted by molar-refractivity contribution is -0.118. The van der Waals surface area contributed by atoms with Crippen molar-refractivity contribution in [2.45, 2.75) is 6.42 Å². The van der Waals surface area contributed by atoms with Crippen LogP contribution in [0.2, 0.25) is 0 Å². The van der Waals surface area contributed by atoms with E-state index in [4.69, 9.17) is 16.3 Å². The molecule has 2 N–H and O–H groups in total. The Morgan fingerprint density at radius 1 is 1.42 bits per heavy atom. The molecule has 1 heterocycles. The molecule has 0 bridgehead atoms. The van der Waals surface area contributed by atoms with Gasteiger partial charge in [0.25, 0.3) is 5.91 Å². The second-order valence-corrected chi connectivity index (χ2v) is 6.23. The first-order valence-corrected chi connectivity index (χ1v) is 7.82. The number of hydrogen-bond donors (Lipinski definition) is 2. The minimum atomic E-state index is -3.42. The number of anilines is 2. The molecule has 0 saturated heterocycles. The first kappa shape index (κ1) is 14.0. The van der Waals surface area contributed by atoms with Crippen molar-refractivity contribution in [3.63, 3.8) is 0 Å². The Kier molecular flexibility index (Phi) is 4.16. The summed E-state index contributed by atoms with van der Waals surface area (Å²) in [5.74, 6) is 0.490. The van der Waals surface area contributed by atoms with Gasteiger partial charge in [0, 0.05) is 5.88 Å². The summed E-state index contributed by atoms with van der Waals surface area (Å²) in [5, 5.41) is 2.61. The number of hydrogen-bond acceptors (Lipinski definition) is 4. The summed E-state index contributed by atoms with van der Waals surface area (Å²) in [5.41, 5.74) is 0.827. The molecule has 0 spiro atoms. The molecule has 0 saturated carbocycles. The average molecular weight is 305 g/mol. The van der Waals surface area contributed by atoms with Gasteiger partial charge >= 0.3 is 0 Å². The third-order valence-electron chi connectivity index (χ3n) is 2.43. The van der Waals surface area contributed by atoms with E-state index in [1.54, 1.807) is 12.1 Å². The Morgan fingerprint density at radius 3 is 2.95 bits per heavy atom. The van der Waals surface area contributed by atoms with E-state index in [2.05, 4.69) is 10.0 Å². The highest BCUT2D eigenvalue weighted by Gasteiger charge is 2.17. The Labute approximate surface area is 116 Å². The number of carbonyl (C=O) groups excluding carboxylic acids is 1. The number of fused-ring (bicyclic) bond motifs is 1. The van der Waals surface area contributed by atoms with Gasteiger partial charge in [-0.1, -0.05) is 0 Å². The first-order chi connectivity index (χ1) is 9.00. The van der Waals surface area contributed by atoms with Gasteiger partial charge in [-0.3, -0.25) is 9.52 Å². The zero-order valence-corrected chi connectivity index (χ0v) is 11.6. The summed E-state index contributed by atoms with van der Waals surface area (Å²) in [7, 11) is -3.42. The quantitative estimate of drug-likeness (QED) is 0.805. The molecule has 19 heavy (non-hydrogen) atoms. The van der Waals surface area contributed by atoms with Crippen LogP contribution in [0.15, 0.2) is 18.2 Å². The molecule has 1 aliphatic rings. The number of ether oxygens (including phenoxy) is 1. The van der Waals surface area contributed by atoms with Crippen LogP contribution in [0.25, 0.3) is 0 Å². The predicted molar refractivity (Wildman–Crippen MR) is 73.3 cm³/mol. The molecule has 0 aromatic heterocycles. The van der Waals surface area contributed by atoms with Crippen molar-refractivity contribution in [2.24, 2.45) is 0 Å². The second kappa shape index (κ2) is 5.66. The fourth-order valence-corrected chi connectivity index (χ4v) is 3.03. The highest BCUT2D eigenvalue weighted by atomic mass is 35.5. The zero-order chi connectivity index (χ0) is 13.9. The monoisotopic (exact) mass is 304 g/mol. The molecule has 0 atom stereocenters. The van der Waals surface area contributed by atoms with E-state index >= 15 is 0 Å². The summed E-state index contributed by atoms with van der Waals surface area (Å²) in [6, 6.07) is 4.70. The number of nitrogens with one attached hydrogen (secondary N) is 2. The van der Waals surface area contributed by atoms with Gasteiger partial charge in [-0.2, -0.15) is 0 Å². The maximum Gasteiger partial charge on any atom is 0.262 e. The molecule has 0 unspecified atom stereocenters. The Balaban J connectivity index is 2.14. The van der Waals surface area contributed by atoms with E-state index in [0.717, 1.165) is 0 Å². The van der Waals surface area contributed by atoms with Crippen LogP contribution in [0.5, 0.6) is 5.75 Å². The third kappa shape index (κ3) is 3.74. The van der Waals surface area contributed by atoms with Crippen molar-refractivity contribution < 1.29 is 17.9 Å². The summed E-state index contributed by atoms with van der Waals surface area (Å²) >= 11 is 5.47. The third-order valence-corrected chi connectivity index (χ3v) is 4.07. The van der Waals surface area contributed by atoms with E-state index in [1.165, 1.54) is 6.07 Å². The van der Waals surface area contributed by atoms with Crippen LogP contribution in [0.4, 0.5) is 11.4 Å². The largest absolute Gasteiger partial charge is 0.482 e. The highest BCUT2D eigenvalue weighted by molar-refractivity contribution is 7.92. The summed E-state index contributed by atoms with van der Waals surface area (Å²) in [6.45, 7) is -0.0339. The van der Waals surface area contributed by atoms with Gasteiger partial charge in [-0.25, -0.2) is 8.42 Å². The number of benzene rings is 1. The average Bonchev–Trinajstić information content (AvgIpc) is 2.35. The van der Waals surface area contributed by atoms with Gasteiger partial charge < -0.3 is 10.1 Å². The van der Waals surface area contributed by atoms with Gasteiger partial charge in [0.05, 0.1) is 17.1 Å². The van der Waals surface area contributed by atoms with Crippen molar-refractivity contribution in [1.29, 1.82) is 0 Å². The normalized spacial score (nSPS) is 14.3. The topological polar surface area (TPSA) is 84.5 Å². The number of carbonyl (C=O) groups is 1.